The van der Waals surface area contributed by atoms with Crippen LogP contribution in [0.2, 0.25) is 0 Å². The van der Waals surface area contributed by atoms with Crippen molar-refractivity contribution in [3.8, 4) is 5.75 Å². The van der Waals surface area contributed by atoms with E-state index in [2.05, 4.69) is 9.73 Å². The van der Waals surface area contributed by atoms with Crippen molar-refractivity contribution >= 4 is 23.5 Å². The smallest absolute Gasteiger partial charge is 0.434 e. The van der Waals surface area contributed by atoms with Crippen LogP contribution in [0.1, 0.15) is 11.1 Å². The first-order valence-corrected chi connectivity index (χ1v) is 7.73. The predicted octanol–water partition coefficient (Wildman–Crippen LogP) is 2.79. The number of rotatable bonds is 6. The van der Waals surface area contributed by atoms with Crippen LogP contribution in [-0.4, -0.2) is 34.9 Å². The number of carbonyl (C=O) groups excluding carboxylic acids is 2. The number of hydrogen-bond donors (Lipinski definition) is 1. The van der Waals surface area contributed by atoms with Gasteiger partial charge in [-0.3, -0.25) is 10.1 Å². The monoisotopic (exact) mass is 372 g/mol. The van der Waals surface area contributed by atoms with Crippen LogP contribution < -0.4 is 0 Å². The van der Waals surface area contributed by atoms with Gasteiger partial charge in [0.1, 0.15) is 12.3 Å². The number of aliphatic imine (C=N–C) groups is 1. The van der Waals surface area contributed by atoms with E-state index < -0.39 is 28.4 Å². The van der Waals surface area contributed by atoms with Crippen molar-refractivity contribution < 1.29 is 29.1 Å². The van der Waals surface area contributed by atoms with Crippen LogP contribution in [-0.2, 0) is 27.3 Å². The highest BCUT2D eigenvalue weighted by atomic mass is 16.6. The van der Waals surface area contributed by atoms with E-state index in [0.717, 1.165) is 24.8 Å². The van der Waals surface area contributed by atoms with Crippen molar-refractivity contribution in [2.45, 2.75) is 13.0 Å². The number of esters is 1. The van der Waals surface area contributed by atoms with Crippen molar-refractivity contribution in [2.24, 2.45) is 4.99 Å². The van der Waals surface area contributed by atoms with E-state index in [1.54, 1.807) is 24.3 Å². The van der Waals surface area contributed by atoms with Gasteiger partial charge in [-0.25, -0.2) is 9.59 Å². The maximum Gasteiger partial charge on any atom is 0.434 e. The lowest BCUT2D eigenvalue weighted by atomic mass is 10.1. The number of methoxy groups -OCH3 is 1. The number of nitro benzene ring substituents is 1. The highest BCUT2D eigenvalue weighted by Gasteiger charge is 2.18. The molecular weight excluding hydrogens is 356 g/mol. The Kier molecular flexibility index (Phi) is 6.59. The number of phenolic OH excluding ortho intramolecular Hbond substituents is 1. The van der Waals surface area contributed by atoms with Gasteiger partial charge in [0.15, 0.2) is 5.75 Å². The fourth-order valence-corrected chi connectivity index (χ4v) is 2.16. The molecular formula is C18H16N2O7. The van der Waals surface area contributed by atoms with Crippen molar-refractivity contribution in [2.75, 3.05) is 7.11 Å². The molecule has 0 bridgehead atoms. The summed E-state index contributed by atoms with van der Waals surface area (Å²) in [5, 5.41) is 20.4. The molecule has 9 nitrogen and oxygen atoms in total. The molecule has 0 saturated carbocycles. The molecule has 0 unspecified atom stereocenters. The zero-order valence-electron chi connectivity index (χ0n) is 14.3. The van der Waals surface area contributed by atoms with Crippen LogP contribution in [0.5, 0.6) is 5.75 Å². The molecule has 0 spiro atoms. The molecule has 0 heterocycles. The maximum absolute atomic E-state index is 11.9. The van der Waals surface area contributed by atoms with Gasteiger partial charge < -0.3 is 14.6 Å². The van der Waals surface area contributed by atoms with E-state index in [-0.39, 0.29) is 18.7 Å². The minimum Gasteiger partial charge on any atom is -0.502 e. The van der Waals surface area contributed by atoms with Crippen LogP contribution in [0, 0.1) is 10.1 Å². The second-order valence-corrected chi connectivity index (χ2v) is 5.35. The summed E-state index contributed by atoms with van der Waals surface area (Å²) in [6, 6.07) is 12.5. The van der Waals surface area contributed by atoms with Crippen LogP contribution >= 0.6 is 0 Å². The van der Waals surface area contributed by atoms with Gasteiger partial charge in [0.2, 0.25) is 0 Å². The average Bonchev–Trinajstić information content (AvgIpc) is 2.65. The van der Waals surface area contributed by atoms with E-state index in [1.165, 1.54) is 6.07 Å². The molecule has 2 aromatic rings. The molecule has 0 radical (unpaired) electrons. The number of nitro groups is 1. The molecule has 0 atom stereocenters. The normalized spacial score (nSPS) is 10.9. The summed E-state index contributed by atoms with van der Waals surface area (Å²) in [7, 11) is 1.13. The molecule has 27 heavy (non-hydrogen) atoms. The Morgan fingerprint density at radius 1 is 1.15 bits per heavy atom. The highest BCUT2D eigenvalue weighted by molar-refractivity contribution is 6.38. The topological polar surface area (TPSA) is 128 Å². The minimum atomic E-state index is -0.981. The molecule has 0 aliphatic heterocycles. The molecule has 2 rings (SSSR count). The molecule has 1 N–H and O–H groups in total. The molecule has 2 aromatic carbocycles. The van der Waals surface area contributed by atoms with Gasteiger partial charge in [0.05, 0.1) is 12.0 Å². The van der Waals surface area contributed by atoms with Gasteiger partial charge in [-0.2, -0.15) is 4.99 Å². The molecule has 1 amide bonds. The Morgan fingerprint density at radius 2 is 1.85 bits per heavy atom. The van der Waals surface area contributed by atoms with E-state index in [0.29, 0.717) is 5.56 Å². The number of phenols is 1. The molecule has 0 aromatic heterocycles. The van der Waals surface area contributed by atoms with Gasteiger partial charge in [-0.1, -0.05) is 36.4 Å². The first-order chi connectivity index (χ1) is 12.9. The van der Waals surface area contributed by atoms with E-state index in [1.807, 2.05) is 6.07 Å². The third kappa shape index (κ3) is 5.63. The molecule has 140 valence electrons. The fraction of sp³-hybridized carbons (Fsp3) is 0.167. The van der Waals surface area contributed by atoms with Crippen molar-refractivity contribution in [3.05, 3.63) is 69.8 Å². The van der Waals surface area contributed by atoms with Gasteiger partial charge in [-0.15, -0.1) is 0 Å². The molecule has 0 aliphatic carbocycles. The van der Waals surface area contributed by atoms with Gasteiger partial charge >= 0.3 is 17.7 Å². The van der Waals surface area contributed by atoms with Crippen LogP contribution in [0.4, 0.5) is 10.5 Å². The summed E-state index contributed by atoms with van der Waals surface area (Å²) in [6.45, 7) is -0.0179. The second-order valence-electron chi connectivity index (χ2n) is 5.35. The summed E-state index contributed by atoms with van der Waals surface area (Å²) in [5.74, 6) is -1.42. The van der Waals surface area contributed by atoms with Gasteiger partial charge in [-0.05, 0) is 17.2 Å². The first kappa shape index (κ1) is 19.6. The Bertz CT molecular complexity index is 879. The van der Waals surface area contributed by atoms with Gasteiger partial charge in [0, 0.05) is 12.5 Å². The van der Waals surface area contributed by atoms with Crippen molar-refractivity contribution in [1.82, 2.24) is 0 Å². The Hall–Kier alpha value is -3.75. The number of hydrogen-bond acceptors (Lipinski definition) is 7. The number of carbonyl (C=O) groups is 2. The first-order valence-electron chi connectivity index (χ1n) is 7.73. The summed E-state index contributed by atoms with van der Waals surface area (Å²) in [6.07, 6.45) is -1.16. The minimum absolute atomic E-state index is 0.0179. The number of aromatic hydroxyl groups is 1. The quantitative estimate of drug-likeness (QED) is 0.357. The van der Waals surface area contributed by atoms with Crippen LogP contribution in [0.3, 0.4) is 0 Å². The lowest BCUT2D eigenvalue weighted by Gasteiger charge is -2.06. The summed E-state index contributed by atoms with van der Waals surface area (Å²) in [4.78, 5) is 37.3. The standard InChI is InChI=1S/C18H16N2O7/c1-26-17(22)14(9-13-7-8-15(20(24)25)16(21)10-13)19-18(23)27-11-12-5-3-2-4-6-12/h2-8,10,21H,9,11H2,1H3. The zero-order chi connectivity index (χ0) is 19.8. The molecule has 9 heteroatoms. The Morgan fingerprint density at radius 3 is 2.44 bits per heavy atom. The van der Waals surface area contributed by atoms with E-state index in [9.17, 15) is 24.8 Å². The average molecular weight is 372 g/mol. The number of benzene rings is 2. The van der Waals surface area contributed by atoms with E-state index >= 15 is 0 Å². The number of ether oxygens (including phenoxy) is 2. The molecule has 0 aliphatic rings. The molecule has 0 fully saturated rings. The number of nitrogens with zero attached hydrogens (tertiary/aromatic N) is 2. The summed E-state index contributed by atoms with van der Waals surface area (Å²) in [5.41, 5.74) is 0.348. The second kappa shape index (κ2) is 9.09. The Labute approximate surface area is 154 Å². The van der Waals surface area contributed by atoms with Gasteiger partial charge in [0.25, 0.3) is 0 Å². The number of amides is 1. The third-order valence-corrected chi connectivity index (χ3v) is 3.46. The zero-order valence-corrected chi connectivity index (χ0v) is 14.3. The SMILES string of the molecule is COC(=O)C(Cc1ccc([N+](=O)[O-])c(O)c1)=NC(=O)OCc1ccccc1. The lowest BCUT2D eigenvalue weighted by Crippen LogP contribution is -2.20. The lowest BCUT2D eigenvalue weighted by molar-refractivity contribution is -0.385. The predicted molar refractivity (Wildman–Crippen MR) is 94.5 cm³/mol. The van der Waals surface area contributed by atoms with E-state index in [4.69, 9.17) is 4.74 Å². The maximum atomic E-state index is 11.9. The summed E-state index contributed by atoms with van der Waals surface area (Å²) < 4.78 is 9.58. The molecule has 0 saturated heterocycles. The van der Waals surface area contributed by atoms with Crippen molar-refractivity contribution in [3.63, 3.8) is 0 Å². The Balaban J connectivity index is 2.13. The highest BCUT2D eigenvalue weighted by Crippen LogP contribution is 2.26. The van der Waals surface area contributed by atoms with Crippen LogP contribution in [0.15, 0.2) is 53.5 Å². The fourth-order valence-electron chi connectivity index (χ4n) is 2.16. The van der Waals surface area contributed by atoms with Crippen LogP contribution in [0.25, 0.3) is 0 Å². The van der Waals surface area contributed by atoms with Crippen molar-refractivity contribution in [1.29, 1.82) is 0 Å². The largest absolute Gasteiger partial charge is 0.502 e. The third-order valence-electron chi connectivity index (χ3n) is 3.46. The summed E-state index contributed by atoms with van der Waals surface area (Å²) >= 11 is 0.